The molecule has 0 aromatic carbocycles. The molecule has 0 rings (SSSR count). The number of nitrogens with one attached hydrogen (secondary N) is 3. The Hall–Kier alpha value is -3.30. The molecule has 0 aliphatic rings. The number of carbonyl (C=O) groups excluding carboxylic acids is 3. The monoisotopic (exact) mass is 464 g/mol. The first-order valence-electron chi connectivity index (χ1n) is 9.42. The minimum atomic E-state index is -1.71. The number of amides is 3. The van der Waals surface area contributed by atoms with Gasteiger partial charge in [-0.15, -0.1) is 0 Å². The molecule has 0 aromatic rings. The van der Waals surface area contributed by atoms with Gasteiger partial charge in [-0.3, -0.25) is 24.0 Å². The summed E-state index contributed by atoms with van der Waals surface area (Å²) in [6.45, 7) is 0.138. The summed E-state index contributed by atoms with van der Waals surface area (Å²) in [5.74, 6) is -7.26. The Bertz CT molecular complexity index is 713. The van der Waals surface area contributed by atoms with E-state index in [2.05, 4.69) is 10.6 Å². The Morgan fingerprint density at radius 2 is 1.28 bits per heavy atom. The first kappa shape index (κ1) is 28.7. The molecule has 0 bridgehead atoms. The molecular formula is C17H28N4O11. The van der Waals surface area contributed by atoms with Gasteiger partial charge in [0.25, 0.3) is 0 Å². The van der Waals surface area contributed by atoms with E-state index in [1.165, 1.54) is 0 Å². The van der Waals surface area contributed by atoms with Crippen molar-refractivity contribution < 1.29 is 54.3 Å². The van der Waals surface area contributed by atoms with E-state index in [4.69, 9.17) is 26.2 Å². The van der Waals surface area contributed by atoms with Gasteiger partial charge in [-0.05, 0) is 19.8 Å². The van der Waals surface area contributed by atoms with Gasteiger partial charge in [-0.25, -0.2) is 4.79 Å². The van der Waals surface area contributed by atoms with Crippen molar-refractivity contribution in [2.24, 2.45) is 5.73 Å². The van der Waals surface area contributed by atoms with Crippen molar-refractivity contribution in [2.75, 3.05) is 6.61 Å². The fourth-order valence-electron chi connectivity index (χ4n) is 2.33. The minimum absolute atomic E-state index is 0.259. The third-order valence-corrected chi connectivity index (χ3v) is 4.15. The normalized spacial score (nSPS) is 15.4. The second kappa shape index (κ2) is 13.9. The molecule has 0 aliphatic carbocycles. The molecule has 182 valence electrons. The standard InChI is InChI=1S/C17H28N4O11/c1-7(23)13(16(30)20-10(6-22)17(31)32)21-15(29)9(3-5-12(26)27)19-14(28)8(18)2-4-11(24)25/h7-10,13,22-23H,2-6,18H2,1H3,(H,19,28)(H,20,30)(H,21,29)(H,24,25)(H,26,27)(H,31,32). The van der Waals surface area contributed by atoms with Crippen molar-refractivity contribution in [2.45, 2.75) is 62.9 Å². The number of carbonyl (C=O) groups is 6. The number of aliphatic carboxylic acids is 3. The van der Waals surface area contributed by atoms with E-state index < -0.39 is 91.8 Å². The second-order valence-electron chi connectivity index (χ2n) is 6.84. The predicted octanol–water partition coefficient (Wildman–Crippen LogP) is -4.04. The van der Waals surface area contributed by atoms with Crippen LogP contribution in [-0.4, -0.2) is 98.0 Å². The molecule has 0 aliphatic heterocycles. The van der Waals surface area contributed by atoms with Crippen LogP contribution in [-0.2, 0) is 28.8 Å². The number of aliphatic hydroxyl groups excluding tert-OH is 2. The average Bonchev–Trinajstić information content (AvgIpc) is 2.69. The first-order valence-corrected chi connectivity index (χ1v) is 9.42. The van der Waals surface area contributed by atoms with Crippen LogP contribution >= 0.6 is 0 Å². The van der Waals surface area contributed by atoms with E-state index in [-0.39, 0.29) is 6.42 Å². The van der Waals surface area contributed by atoms with Gasteiger partial charge in [0.05, 0.1) is 18.8 Å². The average molecular weight is 464 g/mol. The van der Waals surface area contributed by atoms with E-state index in [1.54, 1.807) is 0 Å². The summed E-state index contributed by atoms with van der Waals surface area (Å²) in [4.78, 5) is 69.4. The third-order valence-electron chi connectivity index (χ3n) is 4.15. The molecule has 0 saturated carbocycles. The Labute approximate surface area is 182 Å². The van der Waals surface area contributed by atoms with Gasteiger partial charge >= 0.3 is 17.9 Å². The summed E-state index contributed by atoms with van der Waals surface area (Å²) in [7, 11) is 0. The summed E-state index contributed by atoms with van der Waals surface area (Å²) in [6, 6.07) is -6.25. The zero-order valence-electron chi connectivity index (χ0n) is 17.2. The lowest BCUT2D eigenvalue weighted by Gasteiger charge is -2.26. The summed E-state index contributed by atoms with van der Waals surface area (Å²) < 4.78 is 0. The predicted molar refractivity (Wildman–Crippen MR) is 104 cm³/mol. The lowest BCUT2D eigenvalue weighted by molar-refractivity contribution is -0.144. The molecular weight excluding hydrogens is 436 g/mol. The van der Waals surface area contributed by atoms with Crippen molar-refractivity contribution in [3.05, 3.63) is 0 Å². The van der Waals surface area contributed by atoms with Gasteiger partial charge in [0.1, 0.15) is 18.1 Å². The van der Waals surface area contributed by atoms with Crippen LogP contribution in [0.3, 0.4) is 0 Å². The fraction of sp³-hybridized carbons (Fsp3) is 0.647. The molecule has 32 heavy (non-hydrogen) atoms. The van der Waals surface area contributed by atoms with E-state index in [1.807, 2.05) is 5.32 Å². The number of hydrogen-bond donors (Lipinski definition) is 9. The molecule has 0 heterocycles. The molecule has 5 atom stereocenters. The van der Waals surface area contributed by atoms with Crippen molar-refractivity contribution in [1.29, 1.82) is 0 Å². The summed E-state index contributed by atoms with van der Waals surface area (Å²) in [6.07, 6.45) is -3.23. The summed E-state index contributed by atoms with van der Waals surface area (Å²) in [5, 5.41) is 51.3. The molecule has 0 aromatic heterocycles. The molecule has 5 unspecified atom stereocenters. The largest absolute Gasteiger partial charge is 0.481 e. The highest BCUT2D eigenvalue weighted by Crippen LogP contribution is 2.04. The van der Waals surface area contributed by atoms with Gasteiger partial charge in [-0.1, -0.05) is 0 Å². The third kappa shape index (κ3) is 10.6. The van der Waals surface area contributed by atoms with Gasteiger partial charge in [0, 0.05) is 12.8 Å². The van der Waals surface area contributed by atoms with Crippen LogP contribution in [0.15, 0.2) is 0 Å². The van der Waals surface area contributed by atoms with Crippen LogP contribution in [0.25, 0.3) is 0 Å². The molecule has 10 N–H and O–H groups in total. The lowest BCUT2D eigenvalue weighted by Crippen LogP contribution is -2.60. The number of nitrogens with two attached hydrogens (primary N) is 1. The Morgan fingerprint density at radius 3 is 1.72 bits per heavy atom. The van der Waals surface area contributed by atoms with Crippen molar-refractivity contribution in [3.8, 4) is 0 Å². The van der Waals surface area contributed by atoms with Crippen molar-refractivity contribution in [1.82, 2.24) is 16.0 Å². The van der Waals surface area contributed by atoms with Crippen LogP contribution in [0.5, 0.6) is 0 Å². The fourth-order valence-corrected chi connectivity index (χ4v) is 2.33. The molecule has 0 radical (unpaired) electrons. The smallest absolute Gasteiger partial charge is 0.328 e. The number of aliphatic hydroxyl groups is 2. The summed E-state index contributed by atoms with van der Waals surface area (Å²) in [5.41, 5.74) is 5.56. The SMILES string of the molecule is CC(O)C(NC(=O)C(CCC(=O)O)NC(=O)C(N)CCC(=O)O)C(=O)NC(CO)C(=O)O. The molecule has 15 heteroatoms. The van der Waals surface area contributed by atoms with Crippen LogP contribution in [0, 0.1) is 0 Å². The van der Waals surface area contributed by atoms with E-state index >= 15 is 0 Å². The molecule has 3 amide bonds. The molecule has 0 saturated heterocycles. The van der Waals surface area contributed by atoms with Crippen LogP contribution in [0.2, 0.25) is 0 Å². The van der Waals surface area contributed by atoms with E-state index in [0.717, 1.165) is 6.92 Å². The number of hydrogen-bond acceptors (Lipinski definition) is 9. The van der Waals surface area contributed by atoms with Gasteiger partial charge < -0.3 is 47.2 Å². The highest BCUT2D eigenvalue weighted by atomic mass is 16.4. The summed E-state index contributed by atoms with van der Waals surface area (Å²) >= 11 is 0. The maximum Gasteiger partial charge on any atom is 0.328 e. The number of carboxylic acid groups (broad SMARTS) is 3. The van der Waals surface area contributed by atoms with E-state index in [9.17, 15) is 33.9 Å². The maximum atomic E-state index is 12.6. The maximum absolute atomic E-state index is 12.6. The van der Waals surface area contributed by atoms with Gasteiger partial charge in [-0.2, -0.15) is 0 Å². The second-order valence-corrected chi connectivity index (χ2v) is 6.84. The molecule has 0 spiro atoms. The molecule has 15 nitrogen and oxygen atoms in total. The van der Waals surface area contributed by atoms with Gasteiger partial charge in [0.2, 0.25) is 17.7 Å². The quantitative estimate of drug-likeness (QED) is 0.112. The topological polar surface area (TPSA) is 266 Å². The number of carboxylic acids is 3. The Morgan fingerprint density at radius 1 is 0.781 bits per heavy atom. The first-order chi connectivity index (χ1) is 14.8. The van der Waals surface area contributed by atoms with Crippen LogP contribution in [0.4, 0.5) is 0 Å². The highest BCUT2D eigenvalue weighted by molar-refractivity contribution is 5.94. The lowest BCUT2D eigenvalue weighted by atomic mass is 10.1. The van der Waals surface area contributed by atoms with Crippen molar-refractivity contribution >= 4 is 35.6 Å². The van der Waals surface area contributed by atoms with Crippen LogP contribution < -0.4 is 21.7 Å². The highest BCUT2D eigenvalue weighted by Gasteiger charge is 2.32. The zero-order valence-corrected chi connectivity index (χ0v) is 17.2. The van der Waals surface area contributed by atoms with Crippen molar-refractivity contribution in [3.63, 3.8) is 0 Å². The Balaban J connectivity index is 5.38. The number of rotatable bonds is 15. The Kier molecular flexibility index (Phi) is 12.5. The molecule has 0 fully saturated rings. The minimum Gasteiger partial charge on any atom is -0.481 e. The van der Waals surface area contributed by atoms with E-state index in [0.29, 0.717) is 0 Å². The van der Waals surface area contributed by atoms with Crippen LogP contribution in [0.1, 0.15) is 32.6 Å². The zero-order chi connectivity index (χ0) is 25.0. The van der Waals surface area contributed by atoms with Gasteiger partial charge in [0.15, 0.2) is 0 Å².